The molecule has 2 aromatic carbocycles. The van der Waals surface area contributed by atoms with Crippen LogP contribution in [0, 0.1) is 13.8 Å². The number of unbranched alkanes of at least 4 members (excludes halogenated alkanes) is 3. The number of esters is 1. The Morgan fingerprint density at radius 2 is 1.47 bits per heavy atom. The Kier molecular flexibility index (Phi) is 14.1. The van der Waals surface area contributed by atoms with Crippen LogP contribution in [0.5, 0.6) is 0 Å². The second kappa shape index (κ2) is 17.0. The Morgan fingerprint density at radius 1 is 0.822 bits per heavy atom. The minimum absolute atomic E-state index is 0.214. The minimum atomic E-state index is -1.06. The average Bonchev–Trinajstić information content (AvgIpc) is 2.93. The molecule has 3 amide bonds. The van der Waals surface area contributed by atoms with Crippen LogP contribution in [-0.4, -0.2) is 59.1 Å². The summed E-state index contributed by atoms with van der Waals surface area (Å²) >= 11 is 0. The largest absolute Gasteiger partial charge is 0.458 e. The molecule has 0 spiro atoms. The molecule has 0 saturated carbocycles. The highest BCUT2D eigenvalue weighted by Crippen LogP contribution is 2.26. The summed E-state index contributed by atoms with van der Waals surface area (Å²) in [6, 6.07) is 13.0. The molecule has 0 aliphatic rings. The van der Waals surface area contributed by atoms with Crippen molar-refractivity contribution >= 4 is 23.9 Å². The predicted molar refractivity (Wildman–Crippen MR) is 177 cm³/mol. The smallest absolute Gasteiger partial charge is 0.408 e. The van der Waals surface area contributed by atoms with Crippen molar-refractivity contribution in [2.24, 2.45) is 0 Å². The zero-order valence-corrected chi connectivity index (χ0v) is 28.6. The van der Waals surface area contributed by atoms with Crippen molar-refractivity contribution in [3.8, 4) is 0 Å². The number of nitrogens with zero attached hydrogens (tertiary/aromatic N) is 1. The molecule has 2 N–H and O–H groups in total. The van der Waals surface area contributed by atoms with Crippen LogP contribution < -0.4 is 10.6 Å². The van der Waals surface area contributed by atoms with Crippen LogP contribution in [0.2, 0.25) is 0 Å². The number of amides is 3. The maximum atomic E-state index is 14.3. The Hall–Kier alpha value is -3.88. The fourth-order valence-electron chi connectivity index (χ4n) is 4.74. The fourth-order valence-corrected chi connectivity index (χ4v) is 4.74. The molecule has 2 rings (SSSR count). The van der Waals surface area contributed by atoms with Gasteiger partial charge in [0.1, 0.15) is 29.8 Å². The number of benzene rings is 2. The van der Waals surface area contributed by atoms with Gasteiger partial charge in [-0.1, -0.05) is 74.7 Å². The van der Waals surface area contributed by atoms with Gasteiger partial charge in [-0.15, -0.1) is 0 Å². The van der Waals surface area contributed by atoms with Crippen LogP contribution in [0.3, 0.4) is 0 Å². The summed E-state index contributed by atoms with van der Waals surface area (Å²) in [5.74, 6) is -1.51. The summed E-state index contributed by atoms with van der Waals surface area (Å²) in [4.78, 5) is 55.5. The zero-order valence-electron chi connectivity index (χ0n) is 28.6. The third-order valence-corrected chi connectivity index (χ3v) is 7.05. The van der Waals surface area contributed by atoms with Crippen molar-refractivity contribution in [3.63, 3.8) is 0 Å². The van der Waals surface area contributed by atoms with Crippen LogP contribution in [0.4, 0.5) is 4.79 Å². The van der Waals surface area contributed by atoms with E-state index in [9.17, 15) is 19.2 Å². The highest BCUT2D eigenvalue weighted by molar-refractivity contribution is 5.93. The van der Waals surface area contributed by atoms with E-state index in [1.165, 1.54) is 4.90 Å². The molecule has 45 heavy (non-hydrogen) atoms. The van der Waals surface area contributed by atoms with Crippen LogP contribution in [0.15, 0.2) is 48.5 Å². The number of carbonyl (C=O) groups is 4. The summed E-state index contributed by atoms with van der Waals surface area (Å²) in [7, 11) is 0. The standard InChI is InChI=1S/C36H53N3O6/c1-10-11-12-16-21-39(30(40)24-37-34(43)45-36(7,8)9)31(28-20-19-25(2)26(3)22-28)32(41)38-29(33(42)44-35(4,5)6)23-27-17-14-13-15-18-27/h13-15,17-20,22,29,31H,10-12,16,21,23-24H2,1-9H3,(H,37,43)(H,38,41). The summed E-state index contributed by atoms with van der Waals surface area (Å²) in [6.07, 6.45) is 3.02. The number of carbonyl (C=O) groups excluding carboxylic acids is 4. The van der Waals surface area contributed by atoms with Gasteiger partial charge in [-0.25, -0.2) is 9.59 Å². The lowest BCUT2D eigenvalue weighted by atomic mass is 9.97. The van der Waals surface area contributed by atoms with E-state index < -0.39 is 47.2 Å². The maximum absolute atomic E-state index is 14.3. The highest BCUT2D eigenvalue weighted by Gasteiger charge is 2.35. The van der Waals surface area contributed by atoms with Gasteiger partial charge in [0.05, 0.1) is 0 Å². The number of ether oxygens (including phenoxy) is 2. The van der Waals surface area contributed by atoms with Crippen molar-refractivity contribution in [1.29, 1.82) is 0 Å². The number of rotatable bonds is 14. The monoisotopic (exact) mass is 623 g/mol. The molecular formula is C36H53N3O6. The van der Waals surface area contributed by atoms with E-state index in [0.717, 1.165) is 36.0 Å². The van der Waals surface area contributed by atoms with Gasteiger partial charge in [0.15, 0.2) is 0 Å². The van der Waals surface area contributed by atoms with Crippen molar-refractivity contribution in [2.75, 3.05) is 13.1 Å². The van der Waals surface area contributed by atoms with E-state index >= 15 is 0 Å². The summed E-state index contributed by atoms with van der Waals surface area (Å²) in [6.45, 7) is 16.5. The van der Waals surface area contributed by atoms with Crippen molar-refractivity contribution < 1.29 is 28.7 Å². The molecule has 2 aromatic rings. The first-order valence-electron chi connectivity index (χ1n) is 15.9. The third-order valence-electron chi connectivity index (χ3n) is 7.05. The van der Waals surface area contributed by atoms with Gasteiger partial charge in [-0.05, 0) is 84.1 Å². The molecule has 2 unspecified atom stereocenters. The molecular weight excluding hydrogens is 570 g/mol. The molecule has 0 bridgehead atoms. The lowest BCUT2D eigenvalue weighted by Gasteiger charge is -2.33. The van der Waals surface area contributed by atoms with Crippen LogP contribution in [-0.2, 0) is 30.3 Å². The van der Waals surface area contributed by atoms with Gasteiger partial charge in [0.2, 0.25) is 11.8 Å². The first kappa shape index (κ1) is 37.3. The van der Waals surface area contributed by atoms with Gasteiger partial charge in [0, 0.05) is 13.0 Å². The first-order chi connectivity index (χ1) is 21.0. The normalized spacial score (nSPS) is 12.9. The topological polar surface area (TPSA) is 114 Å². The van der Waals surface area contributed by atoms with Crippen molar-refractivity contribution in [1.82, 2.24) is 15.5 Å². The zero-order chi connectivity index (χ0) is 33.8. The SMILES string of the molecule is CCCCCCN(C(=O)CNC(=O)OC(C)(C)C)C(C(=O)NC(Cc1ccccc1)C(=O)OC(C)(C)C)c1ccc(C)c(C)c1. The predicted octanol–water partition coefficient (Wildman–Crippen LogP) is 6.35. The van der Waals surface area contributed by atoms with E-state index in [4.69, 9.17) is 9.47 Å². The van der Waals surface area contributed by atoms with E-state index in [0.29, 0.717) is 12.0 Å². The summed E-state index contributed by atoms with van der Waals surface area (Å²) < 4.78 is 11.0. The second-order valence-corrected chi connectivity index (χ2v) is 13.5. The second-order valence-electron chi connectivity index (χ2n) is 13.5. The molecule has 9 nitrogen and oxygen atoms in total. The fraction of sp³-hybridized carbons (Fsp3) is 0.556. The van der Waals surface area contributed by atoms with Crippen molar-refractivity contribution in [3.05, 3.63) is 70.8 Å². The molecule has 0 radical (unpaired) electrons. The Bertz CT molecular complexity index is 1280. The molecule has 0 fully saturated rings. The number of alkyl carbamates (subject to hydrolysis) is 1. The molecule has 2 atom stereocenters. The minimum Gasteiger partial charge on any atom is -0.458 e. The van der Waals surface area contributed by atoms with Crippen LogP contribution >= 0.6 is 0 Å². The highest BCUT2D eigenvalue weighted by atomic mass is 16.6. The van der Waals surface area contributed by atoms with Crippen LogP contribution in [0.1, 0.15) is 102 Å². The van der Waals surface area contributed by atoms with Gasteiger partial charge >= 0.3 is 12.1 Å². The van der Waals surface area contributed by atoms with Crippen molar-refractivity contribution in [2.45, 2.75) is 118 Å². The van der Waals surface area contributed by atoms with Gasteiger partial charge in [-0.2, -0.15) is 0 Å². The van der Waals surface area contributed by atoms with E-state index in [1.807, 2.05) is 62.4 Å². The lowest BCUT2D eigenvalue weighted by molar-refractivity contribution is -0.159. The first-order valence-corrected chi connectivity index (χ1v) is 15.9. The van der Waals surface area contributed by atoms with E-state index in [1.54, 1.807) is 41.5 Å². The molecule has 0 aliphatic carbocycles. The van der Waals surface area contributed by atoms with E-state index in [-0.39, 0.29) is 19.5 Å². The molecule has 0 aromatic heterocycles. The van der Waals surface area contributed by atoms with Gasteiger partial charge in [0.25, 0.3) is 0 Å². The number of hydrogen-bond acceptors (Lipinski definition) is 6. The maximum Gasteiger partial charge on any atom is 0.408 e. The van der Waals surface area contributed by atoms with Crippen LogP contribution in [0.25, 0.3) is 0 Å². The summed E-state index contributed by atoms with van der Waals surface area (Å²) in [5, 5.41) is 5.48. The quantitative estimate of drug-likeness (QED) is 0.187. The molecule has 0 saturated heterocycles. The molecule has 248 valence electrons. The molecule has 0 aliphatic heterocycles. The number of hydrogen-bond donors (Lipinski definition) is 2. The summed E-state index contributed by atoms with van der Waals surface area (Å²) in [5.41, 5.74) is 1.97. The average molecular weight is 624 g/mol. The Balaban J connectivity index is 2.51. The Morgan fingerprint density at radius 3 is 2.04 bits per heavy atom. The number of aryl methyl sites for hydroxylation is 2. The molecule has 0 heterocycles. The van der Waals surface area contributed by atoms with Gasteiger partial charge in [-0.3, -0.25) is 9.59 Å². The number of nitrogens with one attached hydrogen (secondary N) is 2. The lowest BCUT2D eigenvalue weighted by Crippen LogP contribution is -2.52. The van der Waals surface area contributed by atoms with E-state index in [2.05, 4.69) is 17.6 Å². The Labute approximate surface area is 269 Å². The van der Waals surface area contributed by atoms with Gasteiger partial charge < -0.3 is 25.0 Å². The third kappa shape index (κ3) is 13.3. The molecule has 9 heteroatoms.